The maximum Gasteiger partial charge on any atom is 0.237 e. The fraction of sp³-hybridized carbons (Fsp3) is 0.778. The Hall–Kier alpha value is -1.08. The van der Waals surface area contributed by atoms with Crippen LogP contribution in [0.25, 0.3) is 0 Å². The van der Waals surface area contributed by atoms with Crippen molar-refractivity contribution in [3.05, 3.63) is 0 Å². The number of hydrogen-bond acceptors (Lipinski definition) is 3. The highest BCUT2D eigenvalue weighted by Crippen LogP contribution is 2.08. The van der Waals surface area contributed by atoms with E-state index in [1.807, 2.05) is 19.9 Å². The van der Waals surface area contributed by atoms with Crippen molar-refractivity contribution < 1.29 is 9.90 Å². The van der Waals surface area contributed by atoms with Gasteiger partial charge in [-0.3, -0.25) is 4.79 Å². The van der Waals surface area contributed by atoms with E-state index in [1.54, 1.807) is 0 Å². The molecule has 1 amide bonds. The maximum atomic E-state index is 11.3. The van der Waals surface area contributed by atoms with Gasteiger partial charge in [0.05, 0.1) is 6.07 Å². The van der Waals surface area contributed by atoms with Gasteiger partial charge in [0.15, 0.2) is 0 Å². The second-order valence-electron chi connectivity index (χ2n) is 3.22. The van der Waals surface area contributed by atoms with Crippen molar-refractivity contribution >= 4 is 5.91 Å². The molecule has 0 aromatic carbocycles. The second kappa shape index (κ2) is 6.44. The Kier molecular flexibility index (Phi) is 5.90. The van der Waals surface area contributed by atoms with Gasteiger partial charge in [0.1, 0.15) is 5.92 Å². The summed E-state index contributed by atoms with van der Waals surface area (Å²) in [6, 6.07) is 1.95. The lowest BCUT2D eigenvalue weighted by Gasteiger charge is -2.12. The molecule has 0 spiro atoms. The van der Waals surface area contributed by atoms with Crippen LogP contribution < -0.4 is 5.32 Å². The number of hydrogen-bond donors (Lipinski definition) is 2. The van der Waals surface area contributed by atoms with E-state index in [9.17, 15) is 4.79 Å². The van der Waals surface area contributed by atoms with Crippen molar-refractivity contribution in [3.63, 3.8) is 0 Å². The number of aliphatic hydroxyl groups is 1. The lowest BCUT2D eigenvalue weighted by Crippen LogP contribution is -2.33. The third-order valence-corrected chi connectivity index (χ3v) is 1.72. The SMILES string of the molecule is CC(C)C(C#N)C(=O)NCCCO. The first-order valence-electron chi connectivity index (χ1n) is 4.41. The molecular weight excluding hydrogens is 168 g/mol. The molecule has 2 N–H and O–H groups in total. The molecule has 0 aliphatic rings. The smallest absolute Gasteiger partial charge is 0.237 e. The number of rotatable bonds is 5. The normalized spacial score (nSPS) is 12.2. The van der Waals surface area contributed by atoms with Gasteiger partial charge in [0.25, 0.3) is 0 Å². The average molecular weight is 184 g/mol. The molecule has 0 fully saturated rings. The summed E-state index contributed by atoms with van der Waals surface area (Å²) in [5.41, 5.74) is 0. The monoisotopic (exact) mass is 184 g/mol. The lowest BCUT2D eigenvalue weighted by molar-refractivity contribution is -0.124. The quantitative estimate of drug-likeness (QED) is 0.603. The molecule has 0 heterocycles. The minimum atomic E-state index is -0.585. The van der Waals surface area contributed by atoms with Crippen molar-refractivity contribution in [2.45, 2.75) is 20.3 Å². The highest BCUT2D eigenvalue weighted by Gasteiger charge is 2.20. The van der Waals surface area contributed by atoms with Gasteiger partial charge in [-0.15, -0.1) is 0 Å². The van der Waals surface area contributed by atoms with Crippen LogP contribution in [-0.2, 0) is 4.79 Å². The highest BCUT2D eigenvalue weighted by molar-refractivity contribution is 5.81. The molecule has 13 heavy (non-hydrogen) atoms. The van der Waals surface area contributed by atoms with Crippen LogP contribution in [0, 0.1) is 23.2 Å². The molecule has 0 saturated carbocycles. The molecule has 0 aliphatic carbocycles. The van der Waals surface area contributed by atoms with Crippen LogP contribution in [0.5, 0.6) is 0 Å². The number of nitrogens with zero attached hydrogens (tertiary/aromatic N) is 1. The van der Waals surface area contributed by atoms with E-state index >= 15 is 0 Å². The highest BCUT2D eigenvalue weighted by atomic mass is 16.3. The Labute approximate surface area is 78.6 Å². The first kappa shape index (κ1) is 11.9. The molecule has 0 aromatic rings. The number of aliphatic hydroxyl groups excluding tert-OH is 1. The van der Waals surface area contributed by atoms with Gasteiger partial charge in [-0.1, -0.05) is 13.8 Å². The summed E-state index contributed by atoms with van der Waals surface area (Å²) in [6.07, 6.45) is 0.530. The molecular formula is C9H16N2O2. The molecule has 0 saturated heterocycles. The molecule has 0 aliphatic heterocycles. The summed E-state index contributed by atoms with van der Waals surface area (Å²) in [5, 5.41) is 19.7. The Balaban J connectivity index is 3.87. The van der Waals surface area contributed by atoms with Crippen LogP contribution >= 0.6 is 0 Å². The molecule has 4 nitrogen and oxygen atoms in total. The van der Waals surface area contributed by atoms with Crippen LogP contribution in [-0.4, -0.2) is 24.2 Å². The fourth-order valence-corrected chi connectivity index (χ4v) is 0.911. The van der Waals surface area contributed by atoms with Crippen LogP contribution in [0.15, 0.2) is 0 Å². The predicted octanol–water partition coefficient (Wildman–Crippen LogP) is 0.281. The Morgan fingerprint density at radius 1 is 1.62 bits per heavy atom. The van der Waals surface area contributed by atoms with Crippen LogP contribution in [0.2, 0.25) is 0 Å². The fourth-order valence-electron chi connectivity index (χ4n) is 0.911. The molecule has 4 heteroatoms. The van der Waals surface area contributed by atoms with E-state index < -0.39 is 5.92 Å². The number of nitrogens with one attached hydrogen (secondary N) is 1. The van der Waals surface area contributed by atoms with Crippen molar-refractivity contribution in [2.24, 2.45) is 11.8 Å². The van der Waals surface area contributed by atoms with E-state index in [1.165, 1.54) is 0 Å². The number of carbonyl (C=O) groups excluding carboxylic acids is 1. The van der Waals surface area contributed by atoms with E-state index in [0.717, 1.165) is 0 Å². The Morgan fingerprint density at radius 3 is 2.62 bits per heavy atom. The van der Waals surface area contributed by atoms with Crippen molar-refractivity contribution in [3.8, 4) is 6.07 Å². The predicted molar refractivity (Wildman–Crippen MR) is 48.7 cm³/mol. The van der Waals surface area contributed by atoms with Crippen LogP contribution in [0.4, 0.5) is 0 Å². The summed E-state index contributed by atoms with van der Waals surface area (Å²) in [7, 11) is 0. The largest absolute Gasteiger partial charge is 0.396 e. The van der Waals surface area contributed by atoms with Crippen molar-refractivity contribution in [1.82, 2.24) is 5.32 Å². The minimum absolute atomic E-state index is 0.0270. The Morgan fingerprint density at radius 2 is 2.23 bits per heavy atom. The van der Waals surface area contributed by atoms with Crippen LogP contribution in [0.1, 0.15) is 20.3 Å². The lowest BCUT2D eigenvalue weighted by atomic mass is 9.97. The minimum Gasteiger partial charge on any atom is -0.396 e. The van der Waals surface area contributed by atoms with Crippen LogP contribution in [0.3, 0.4) is 0 Å². The zero-order chi connectivity index (χ0) is 10.3. The molecule has 1 unspecified atom stereocenters. The summed E-state index contributed by atoms with van der Waals surface area (Å²) in [4.78, 5) is 11.3. The zero-order valence-electron chi connectivity index (χ0n) is 8.08. The molecule has 0 aromatic heterocycles. The first-order valence-corrected chi connectivity index (χ1v) is 4.41. The van der Waals surface area contributed by atoms with E-state index in [2.05, 4.69) is 5.32 Å². The van der Waals surface area contributed by atoms with Gasteiger partial charge < -0.3 is 10.4 Å². The number of amides is 1. The van der Waals surface area contributed by atoms with Crippen molar-refractivity contribution in [2.75, 3.05) is 13.2 Å². The van der Waals surface area contributed by atoms with Gasteiger partial charge in [-0.25, -0.2) is 0 Å². The van der Waals surface area contributed by atoms with Gasteiger partial charge in [0, 0.05) is 13.2 Å². The molecule has 0 rings (SSSR count). The van der Waals surface area contributed by atoms with Gasteiger partial charge in [0.2, 0.25) is 5.91 Å². The zero-order valence-corrected chi connectivity index (χ0v) is 8.08. The topological polar surface area (TPSA) is 73.1 Å². The maximum absolute atomic E-state index is 11.3. The summed E-state index contributed by atoms with van der Waals surface area (Å²) >= 11 is 0. The average Bonchev–Trinajstić information content (AvgIpc) is 2.05. The second-order valence-corrected chi connectivity index (χ2v) is 3.22. The number of nitriles is 1. The Bertz CT molecular complexity index is 196. The molecule has 0 radical (unpaired) electrons. The molecule has 74 valence electrons. The van der Waals surface area contributed by atoms with E-state index in [4.69, 9.17) is 10.4 Å². The van der Waals surface area contributed by atoms with E-state index in [0.29, 0.717) is 13.0 Å². The summed E-state index contributed by atoms with van der Waals surface area (Å²) in [6.45, 7) is 4.15. The van der Waals surface area contributed by atoms with E-state index in [-0.39, 0.29) is 18.4 Å². The summed E-state index contributed by atoms with van der Waals surface area (Å²) < 4.78 is 0. The van der Waals surface area contributed by atoms with Gasteiger partial charge >= 0.3 is 0 Å². The van der Waals surface area contributed by atoms with Crippen molar-refractivity contribution in [1.29, 1.82) is 5.26 Å². The first-order chi connectivity index (χ1) is 6.13. The standard InChI is InChI=1S/C9H16N2O2/c1-7(2)8(6-10)9(13)11-4-3-5-12/h7-8,12H,3-5H2,1-2H3,(H,11,13). The van der Waals surface area contributed by atoms with Gasteiger partial charge in [-0.2, -0.15) is 5.26 Å². The summed E-state index contributed by atoms with van der Waals surface area (Å²) in [5.74, 6) is -0.802. The third-order valence-electron chi connectivity index (χ3n) is 1.72. The molecule has 1 atom stereocenters. The number of carbonyl (C=O) groups is 1. The molecule has 0 bridgehead atoms. The third kappa shape index (κ3) is 4.48. The van der Waals surface area contributed by atoms with Gasteiger partial charge in [-0.05, 0) is 12.3 Å².